The van der Waals surface area contributed by atoms with Crippen molar-refractivity contribution in [3.63, 3.8) is 0 Å². The van der Waals surface area contributed by atoms with Crippen LogP contribution in [0.5, 0.6) is 0 Å². The second kappa shape index (κ2) is 9.16. The molecule has 0 N–H and O–H groups in total. The molecule has 0 nitrogen and oxygen atoms in total. The van der Waals surface area contributed by atoms with Crippen molar-refractivity contribution in [2.45, 2.75) is 13.3 Å². The summed E-state index contributed by atoms with van der Waals surface area (Å²) in [6.07, 6.45) is 5.02. The first-order chi connectivity index (χ1) is 5.33. The molecule has 0 aliphatic rings. The minimum absolute atomic E-state index is 0. The number of allylic oxidation sites excluding steroid dienone is 1. The Bertz CT molecular complexity index is 251. The van der Waals surface area contributed by atoms with Gasteiger partial charge in [-0.3, -0.25) is 0 Å². The first kappa shape index (κ1) is 16.0. The molecule has 0 amide bonds. The number of hydrogen-bond donors (Lipinski definition) is 0. The summed E-state index contributed by atoms with van der Waals surface area (Å²) in [7, 11) is 0. The van der Waals surface area contributed by atoms with Gasteiger partial charge in [0, 0.05) is 0 Å². The number of hydrogen-bond acceptors (Lipinski definition) is 0. The molecule has 0 saturated heterocycles. The molecule has 13 heavy (non-hydrogen) atoms. The van der Waals surface area contributed by atoms with Crippen LogP contribution in [0.25, 0.3) is 6.08 Å². The summed E-state index contributed by atoms with van der Waals surface area (Å²) in [6.45, 7) is 5.84. The van der Waals surface area contributed by atoms with Crippen molar-refractivity contribution in [2.75, 3.05) is 0 Å². The fourth-order valence-electron chi connectivity index (χ4n) is 0.993. The minimum atomic E-state index is 0. The molecule has 0 heterocycles. The Morgan fingerprint density at radius 3 is 2.62 bits per heavy atom. The topological polar surface area (TPSA) is 0 Å². The van der Waals surface area contributed by atoms with Gasteiger partial charge >= 0.3 is 51.4 Å². The van der Waals surface area contributed by atoms with Gasteiger partial charge in [0.25, 0.3) is 0 Å². The van der Waals surface area contributed by atoms with Crippen LogP contribution < -0.4 is 51.4 Å². The van der Waals surface area contributed by atoms with Gasteiger partial charge in [0.2, 0.25) is 0 Å². The number of benzene rings is 1. The third kappa shape index (κ3) is 6.64. The maximum absolute atomic E-state index is 3.74. The van der Waals surface area contributed by atoms with E-state index in [0.29, 0.717) is 0 Å². The van der Waals surface area contributed by atoms with Crippen LogP contribution in [-0.4, -0.2) is 0 Å². The zero-order chi connectivity index (χ0) is 8.10. The van der Waals surface area contributed by atoms with E-state index in [1.807, 2.05) is 0 Å². The Hall–Kier alpha value is 0.596. The predicted octanol–water partition coefficient (Wildman–Crippen LogP) is 0.687. The summed E-state index contributed by atoms with van der Waals surface area (Å²) >= 11 is 0. The Balaban J connectivity index is 0. The summed E-state index contributed by atoms with van der Waals surface area (Å²) in [6, 6.07) is 8.42. The van der Waals surface area contributed by atoms with E-state index < -0.39 is 0 Å². The van der Waals surface area contributed by atoms with Crippen molar-refractivity contribution in [3.05, 3.63) is 55.8 Å². The van der Waals surface area contributed by atoms with Crippen LogP contribution in [0.2, 0.25) is 0 Å². The molecule has 0 atom stereocenters. The van der Waals surface area contributed by atoms with Crippen molar-refractivity contribution < 1.29 is 51.4 Å². The maximum Gasteiger partial charge on any atom is 1.00 e. The molecule has 0 aromatic heterocycles. The van der Waals surface area contributed by atoms with Crippen LogP contribution in [0.3, 0.4) is 0 Å². The normalized spacial score (nSPS) is 9.08. The Labute approximate surface area is 125 Å². The van der Waals surface area contributed by atoms with E-state index in [1.54, 1.807) is 0 Å². The van der Waals surface area contributed by atoms with Crippen molar-refractivity contribution in [1.82, 2.24) is 0 Å². The standard InChI is InChI=1S/C11H13.CH3.K/c1-3-4-7-11-8-5-6-10(2)9-11;;/h4-9H,1,3H2,2H3;1H3;/q2*-1;+1/b7-4+;;. The quantitative estimate of drug-likeness (QED) is 0.485. The van der Waals surface area contributed by atoms with E-state index in [-0.39, 0.29) is 58.8 Å². The van der Waals surface area contributed by atoms with E-state index in [4.69, 9.17) is 0 Å². The fraction of sp³-hybridized carbons (Fsp3) is 0.167. The summed E-state index contributed by atoms with van der Waals surface area (Å²) in [5, 5.41) is 0. The van der Waals surface area contributed by atoms with Crippen molar-refractivity contribution in [1.29, 1.82) is 0 Å². The Kier molecular flexibility index (Phi) is 11.3. The smallest absolute Gasteiger partial charge is 0.358 e. The minimum Gasteiger partial charge on any atom is -0.358 e. The van der Waals surface area contributed by atoms with Gasteiger partial charge in [0.05, 0.1) is 0 Å². The summed E-state index contributed by atoms with van der Waals surface area (Å²) in [5.74, 6) is 0. The molecule has 66 valence electrons. The molecule has 0 aliphatic carbocycles. The van der Waals surface area contributed by atoms with E-state index in [2.05, 4.69) is 50.3 Å². The second-order valence-corrected chi connectivity index (χ2v) is 2.61. The second-order valence-electron chi connectivity index (χ2n) is 2.61. The van der Waals surface area contributed by atoms with Gasteiger partial charge in [-0.1, -0.05) is 35.9 Å². The third-order valence-electron chi connectivity index (χ3n) is 1.52. The molecule has 0 radical (unpaired) electrons. The molecular weight excluding hydrogens is 183 g/mol. The molecule has 1 aromatic rings. The molecular formula is C12H16K-. The largest absolute Gasteiger partial charge is 1.00 e. The van der Waals surface area contributed by atoms with Crippen molar-refractivity contribution >= 4 is 6.08 Å². The maximum atomic E-state index is 3.74. The SMILES string of the molecule is [CH2-]C/C=C/c1cccc(C)c1.[CH3-].[K+]. The van der Waals surface area contributed by atoms with Gasteiger partial charge in [-0.25, -0.2) is 0 Å². The average molecular weight is 199 g/mol. The van der Waals surface area contributed by atoms with Gasteiger partial charge in [-0.2, -0.15) is 6.42 Å². The van der Waals surface area contributed by atoms with Gasteiger partial charge in [-0.05, 0) is 12.5 Å². The van der Waals surface area contributed by atoms with Crippen LogP contribution >= 0.6 is 0 Å². The molecule has 0 bridgehead atoms. The summed E-state index contributed by atoms with van der Waals surface area (Å²) in [5.41, 5.74) is 2.56. The van der Waals surface area contributed by atoms with Crippen molar-refractivity contribution in [3.8, 4) is 0 Å². The summed E-state index contributed by atoms with van der Waals surface area (Å²) in [4.78, 5) is 0. The average Bonchev–Trinajstić information content (AvgIpc) is 2.01. The van der Waals surface area contributed by atoms with Crippen LogP contribution in [0.4, 0.5) is 0 Å². The molecule has 1 heteroatoms. The molecule has 0 saturated carbocycles. The van der Waals surface area contributed by atoms with E-state index in [9.17, 15) is 0 Å². The van der Waals surface area contributed by atoms with Gasteiger partial charge in [0.1, 0.15) is 0 Å². The third-order valence-corrected chi connectivity index (χ3v) is 1.52. The van der Waals surface area contributed by atoms with Crippen LogP contribution in [0, 0.1) is 21.3 Å². The molecule has 0 fully saturated rings. The first-order valence-corrected chi connectivity index (χ1v) is 3.85. The van der Waals surface area contributed by atoms with Crippen molar-refractivity contribution in [2.24, 2.45) is 0 Å². The zero-order valence-electron chi connectivity index (χ0n) is 8.88. The van der Waals surface area contributed by atoms with Crippen LogP contribution in [0.1, 0.15) is 17.5 Å². The van der Waals surface area contributed by atoms with Gasteiger partial charge in [0.15, 0.2) is 0 Å². The number of rotatable bonds is 2. The molecule has 0 aliphatic heterocycles. The van der Waals surface area contributed by atoms with Crippen LogP contribution in [0.15, 0.2) is 30.3 Å². The molecule has 0 unspecified atom stereocenters. The molecule has 0 spiro atoms. The van der Waals surface area contributed by atoms with Gasteiger partial charge < -0.3 is 14.4 Å². The number of aryl methyl sites for hydroxylation is 1. The van der Waals surface area contributed by atoms with Gasteiger partial charge in [-0.15, -0.1) is 6.08 Å². The first-order valence-electron chi connectivity index (χ1n) is 3.85. The van der Waals surface area contributed by atoms with Crippen LogP contribution in [-0.2, 0) is 0 Å². The fourth-order valence-corrected chi connectivity index (χ4v) is 0.993. The zero-order valence-corrected chi connectivity index (χ0v) is 12.0. The monoisotopic (exact) mass is 199 g/mol. The van der Waals surface area contributed by atoms with E-state index in [0.717, 1.165) is 6.42 Å². The summed E-state index contributed by atoms with van der Waals surface area (Å²) < 4.78 is 0. The Morgan fingerprint density at radius 2 is 2.08 bits per heavy atom. The molecule has 1 rings (SSSR count). The van der Waals surface area contributed by atoms with E-state index >= 15 is 0 Å². The Morgan fingerprint density at radius 1 is 1.38 bits per heavy atom. The predicted molar refractivity (Wildman–Crippen MR) is 56.6 cm³/mol. The van der Waals surface area contributed by atoms with E-state index in [1.165, 1.54) is 11.1 Å². The molecule has 1 aromatic carbocycles.